The molecule has 0 aliphatic heterocycles. The van der Waals surface area contributed by atoms with E-state index in [9.17, 15) is 19.7 Å². The van der Waals surface area contributed by atoms with Crippen molar-refractivity contribution in [1.29, 1.82) is 0 Å². The third-order valence-electron chi connectivity index (χ3n) is 3.07. The molecule has 1 heterocycles. The Hall–Kier alpha value is -2.94. The SMILES string of the molecule is CCOC(=O)c1cnn(C)c1NC(=O)c1cc([N+](=O)[O-])ccc1Cl. The molecule has 24 heavy (non-hydrogen) atoms. The number of ether oxygens (including phenoxy) is 1. The zero-order valence-corrected chi connectivity index (χ0v) is 13.5. The number of carbonyl (C=O) groups excluding carboxylic acids is 2. The Kier molecular flexibility index (Phi) is 5.14. The van der Waals surface area contributed by atoms with E-state index in [1.54, 1.807) is 6.92 Å². The number of benzene rings is 1. The fourth-order valence-electron chi connectivity index (χ4n) is 1.92. The maximum atomic E-state index is 12.4. The summed E-state index contributed by atoms with van der Waals surface area (Å²) in [4.78, 5) is 34.4. The van der Waals surface area contributed by atoms with Crippen molar-refractivity contribution in [3.63, 3.8) is 0 Å². The number of aromatic nitrogens is 2. The van der Waals surface area contributed by atoms with E-state index in [0.29, 0.717) is 0 Å². The first kappa shape index (κ1) is 17.4. The number of nitro benzene ring substituents is 1. The number of halogens is 1. The predicted octanol–water partition coefficient (Wildman–Crippen LogP) is 2.41. The van der Waals surface area contributed by atoms with Crippen LogP contribution < -0.4 is 5.32 Å². The molecule has 0 aliphatic carbocycles. The molecule has 0 aliphatic rings. The standard InChI is InChI=1S/C14H13ClN4O5/c1-3-24-14(21)10-7-16-18(2)12(10)17-13(20)9-6-8(19(22)23)4-5-11(9)15/h4-7H,3H2,1-2H3,(H,17,20). The molecule has 2 aromatic rings. The molecular weight excluding hydrogens is 340 g/mol. The highest BCUT2D eigenvalue weighted by Crippen LogP contribution is 2.24. The van der Waals surface area contributed by atoms with Gasteiger partial charge in [0.15, 0.2) is 0 Å². The molecule has 0 saturated heterocycles. The average Bonchev–Trinajstić information content (AvgIpc) is 2.88. The Morgan fingerprint density at radius 1 is 1.42 bits per heavy atom. The van der Waals surface area contributed by atoms with E-state index in [0.717, 1.165) is 6.07 Å². The van der Waals surface area contributed by atoms with Gasteiger partial charge in [0, 0.05) is 19.2 Å². The fourth-order valence-corrected chi connectivity index (χ4v) is 2.12. The Morgan fingerprint density at radius 2 is 2.12 bits per heavy atom. The van der Waals surface area contributed by atoms with Crippen LogP contribution in [0.25, 0.3) is 0 Å². The van der Waals surface area contributed by atoms with Crippen molar-refractivity contribution in [3.8, 4) is 0 Å². The van der Waals surface area contributed by atoms with E-state index in [1.165, 1.54) is 30.1 Å². The minimum Gasteiger partial charge on any atom is -0.462 e. The first-order chi connectivity index (χ1) is 11.3. The second kappa shape index (κ2) is 7.09. The lowest BCUT2D eigenvalue weighted by molar-refractivity contribution is -0.384. The maximum Gasteiger partial charge on any atom is 0.343 e. The highest BCUT2D eigenvalue weighted by Gasteiger charge is 2.22. The maximum absolute atomic E-state index is 12.4. The lowest BCUT2D eigenvalue weighted by atomic mass is 10.2. The highest BCUT2D eigenvalue weighted by molar-refractivity contribution is 6.34. The molecule has 1 N–H and O–H groups in total. The molecule has 9 nitrogen and oxygen atoms in total. The monoisotopic (exact) mass is 352 g/mol. The van der Waals surface area contributed by atoms with Crippen LogP contribution in [0.2, 0.25) is 5.02 Å². The summed E-state index contributed by atoms with van der Waals surface area (Å²) >= 11 is 5.93. The Balaban J connectivity index is 2.34. The summed E-state index contributed by atoms with van der Waals surface area (Å²) < 4.78 is 6.16. The van der Waals surface area contributed by atoms with E-state index in [2.05, 4.69) is 10.4 Å². The quantitative estimate of drug-likeness (QED) is 0.501. The van der Waals surface area contributed by atoms with E-state index >= 15 is 0 Å². The molecule has 0 atom stereocenters. The van der Waals surface area contributed by atoms with Gasteiger partial charge in [-0.15, -0.1) is 0 Å². The molecule has 10 heteroatoms. The molecule has 0 unspecified atom stereocenters. The number of rotatable bonds is 5. The number of amides is 1. The summed E-state index contributed by atoms with van der Waals surface area (Å²) in [5, 5.41) is 17.2. The number of nitrogens with zero attached hydrogens (tertiary/aromatic N) is 3. The number of hydrogen-bond donors (Lipinski definition) is 1. The number of carbonyl (C=O) groups is 2. The highest BCUT2D eigenvalue weighted by atomic mass is 35.5. The van der Waals surface area contributed by atoms with Gasteiger partial charge >= 0.3 is 5.97 Å². The van der Waals surface area contributed by atoms with Crippen molar-refractivity contribution in [1.82, 2.24) is 9.78 Å². The summed E-state index contributed by atoms with van der Waals surface area (Å²) in [6.07, 6.45) is 1.25. The van der Waals surface area contributed by atoms with Crippen molar-refractivity contribution in [2.45, 2.75) is 6.92 Å². The van der Waals surface area contributed by atoms with Gasteiger partial charge in [-0.05, 0) is 13.0 Å². The zero-order valence-electron chi connectivity index (χ0n) is 12.8. The fraction of sp³-hybridized carbons (Fsp3) is 0.214. The van der Waals surface area contributed by atoms with Gasteiger partial charge in [-0.25, -0.2) is 4.79 Å². The minimum absolute atomic E-state index is 0.0398. The summed E-state index contributed by atoms with van der Waals surface area (Å²) in [6.45, 7) is 1.81. The second-order valence-electron chi connectivity index (χ2n) is 4.63. The number of nitrogens with one attached hydrogen (secondary N) is 1. The average molecular weight is 353 g/mol. The van der Waals surface area contributed by atoms with Gasteiger partial charge in [-0.1, -0.05) is 11.6 Å². The first-order valence-electron chi connectivity index (χ1n) is 6.79. The largest absolute Gasteiger partial charge is 0.462 e. The van der Waals surface area contributed by atoms with Gasteiger partial charge in [0.05, 0.1) is 28.3 Å². The Bertz CT molecular complexity index is 817. The van der Waals surface area contributed by atoms with Crippen LogP contribution in [0.4, 0.5) is 11.5 Å². The van der Waals surface area contributed by atoms with Crippen molar-refractivity contribution in [2.75, 3.05) is 11.9 Å². The summed E-state index contributed by atoms with van der Waals surface area (Å²) in [7, 11) is 1.52. The molecule has 0 saturated carbocycles. The summed E-state index contributed by atoms with van der Waals surface area (Å²) in [6, 6.07) is 3.50. The zero-order chi connectivity index (χ0) is 17.9. The number of esters is 1. The molecule has 126 valence electrons. The van der Waals surface area contributed by atoms with Crippen LogP contribution in [0.5, 0.6) is 0 Å². The number of anilines is 1. The van der Waals surface area contributed by atoms with Crippen LogP contribution in [0.3, 0.4) is 0 Å². The third kappa shape index (κ3) is 3.51. The third-order valence-corrected chi connectivity index (χ3v) is 3.40. The molecule has 0 bridgehead atoms. The molecule has 2 rings (SSSR count). The van der Waals surface area contributed by atoms with Crippen molar-refractivity contribution < 1.29 is 19.2 Å². The van der Waals surface area contributed by atoms with Gasteiger partial charge in [0.25, 0.3) is 11.6 Å². The molecule has 1 aromatic heterocycles. The van der Waals surface area contributed by atoms with Gasteiger partial charge in [-0.2, -0.15) is 5.10 Å². The summed E-state index contributed by atoms with van der Waals surface area (Å²) in [5.41, 5.74) is -0.309. The van der Waals surface area contributed by atoms with Gasteiger partial charge in [0.1, 0.15) is 11.4 Å². The summed E-state index contributed by atoms with van der Waals surface area (Å²) in [5.74, 6) is -1.26. The van der Waals surface area contributed by atoms with Crippen LogP contribution >= 0.6 is 11.6 Å². The number of aryl methyl sites for hydroxylation is 1. The molecule has 0 spiro atoms. The van der Waals surface area contributed by atoms with E-state index in [4.69, 9.17) is 16.3 Å². The van der Waals surface area contributed by atoms with Gasteiger partial charge in [0.2, 0.25) is 0 Å². The smallest absolute Gasteiger partial charge is 0.343 e. The predicted molar refractivity (Wildman–Crippen MR) is 85.2 cm³/mol. The van der Waals surface area contributed by atoms with Crippen LogP contribution in [-0.2, 0) is 11.8 Å². The molecule has 0 fully saturated rings. The lowest BCUT2D eigenvalue weighted by Gasteiger charge is -2.09. The van der Waals surface area contributed by atoms with E-state index < -0.39 is 16.8 Å². The molecular formula is C14H13ClN4O5. The number of non-ortho nitro benzene ring substituents is 1. The number of hydrogen-bond acceptors (Lipinski definition) is 6. The Morgan fingerprint density at radius 3 is 2.75 bits per heavy atom. The first-order valence-corrected chi connectivity index (χ1v) is 7.17. The molecule has 0 radical (unpaired) electrons. The topological polar surface area (TPSA) is 116 Å². The number of nitro groups is 1. The van der Waals surface area contributed by atoms with Crippen LogP contribution in [0, 0.1) is 10.1 Å². The minimum atomic E-state index is -0.710. The van der Waals surface area contributed by atoms with E-state index in [1.807, 2.05) is 0 Å². The van der Waals surface area contributed by atoms with Crippen molar-refractivity contribution in [2.24, 2.45) is 7.05 Å². The van der Waals surface area contributed by atoms with Crippen LogP contribution in [-0.4, -0.2) is 33.2 Å². The van der Waals surface area contributed by atoms with Crippen molar-refractivity contribution in [3.05, 3.63) is 50.7 Å². The lowest BCUT2D eigenvalue weighted by Crippen LogP contribution is -2.18. The Labute approximate surface area is 141 Å². The molecule has 1 aromatic carbocycles. The van der Waals surface area contributed by atoms with Crippen molar-refractivity contribution >= 4 is 35.0 Å². The van der Waals surface area contributed by atoms with E-state index in [-0.39, 0.29) is 34.3 Å². The van der Waals surface area contributed by atoms with Crippen LogP contribution in [0.1, 0.15) is 27.6 Å². The van der Waals surface area contributed by atoms with Gasteiger partial charge < -0.3 is 10.1 Å². The second-order valence-corrected chi connectivity index (χ2v) is 5.03. The van der Waals surface area contributed by atoms with Crippen LogP contribution in [0.15, 0.2) is 24.4 Å². The molecule has 1 amide bonds. The van der Waals surface area contributed by atoms with Gasteiger partial charge in [-0.3, -0.25) is 19.6 Å². The normalized spacial score (nSPS) is 10.3.